The van der Waals surface area contributed by atoms with Gasteiger partial charge in [0.05, 0.1) is 0 Å². The van der Waals surface area contributed by atoms with Crippen LogP contribution < -0.4 is 15.1 Å². The highest BCUT2D eigenvalue weighted by atomic mass is 16.1. The number of amides is 1. The normalized spacial score (nSPS) is 10.3. The van der Waals surface area contributed by atoms with Gasteiger partial charge in [0.2, 0.25) is 0 Å². The Morgan fingerprint density at radius 1 is 0.963 bits per heavy atom. The van der Waals surface area contributed by atoms with Gasteiger partial charge in [-0.05, 0) is 42.0 Å². The third-order valence-electron chi connectivity index (χ3n) is 4.30. The van der Waals surface area contributed by atoms with Crippen molar-refractivity contribution in [1.29, 1.82) is 0 Å². The first kappa shape index (κ1) is 18.5. The van der Waals surface area contributed by atoms with Gasteiger partial charge in [0.25, 0.3) is 5.91 Å². The minimum absolute atomic E-state index is 0.149. The number of hydrogen-bond acceptors (Lipinski definition) is 4. The monoisotopic (exact) mass is 360 g/mol. The molecule has 0 spiro atoms. The molecule has 1 amide bonds. The second kappa shape index (κ2) is 8.36. The van der Waals surface area contributed by atoms with E-state index >= 15 is 0 Å². The zero-order valence-electron chi connectivity index (χ0n) is 15.9. The minimum atomic E-state index is -0.149. The summed E-state index contributed by atoms with van der Waals surface area (Å²) in [4.78, 5) is 21.0. The van der Waals surface area contributed by atoms with Gasteiger partial charge in [-0.1, -0.05) is 30.3 Å². The zero-order valence-corrected chi connectivity index (χ0v) is 15.9. The second-order valence-electron chi connectivity index (χ2n) is 6.64. The fraction of sp³-hybridized carbons (Fsp3) is 0.182. The topological polar surface area (TPSA) is 48.5 Å². The van der Waals surface area contributed by atoms with Crippen molar-refractivity contribution < 1.29 is 4.79 Å². The maximum Gasteiger partial charge on any atom is 0.255 e. The minimum Gasteiger partial charge on any atom is -0.378 e. The van der Waals surface area contributed by atoms with Gasteiger partial charge in [-0.15, -0.1) is 0 Å². The average Bonchev–Trinajstić information content (AvgIpc) is 2.69. The molecule has 0 atom stereocenters. The SMILES string of the molecule is CN(C)c1ccc(NC(=O)c2ccnc(N(C)Cc3ccccc3)c2)cc1. The van der Waals surface area contributed by atoms with Crippen molar-refractivity contribution in [3.8, 4) is 0 Å². The maximum atomic E-state index is 12.6. The third kappa shape index (κ3) is 4.85. The number of aromatic nitrogens is 1. The van der Waals surface area contributed by atoms with E-state index in [9.17, 15) is 4.79 Å². The first-order valence-electron chi connectivity index (χ1n) is 8.83. The Morgan fingerprint density at radius 2 is 1.67 bits per heavy atom. The van der Waals surface area contributed by atoms with E-state index in [-0.39, 0.29) is 5.91 Å². The van der Waals surface area contributed by atoms with E-state index < -0.39 is 0 Å². The predicted octanol–water partition coefficient (Wildman–Crippen LogP) is 4.04. The molecular weight excluding hydrogens is 336 g/mol. The Labute approximate surface area is 160 Å². The number of hydrogen-bond donors (Lipinski definition) is 1. The van der Waals surface area contributed by atoms with E-state index in [1.807, 2.05) is 79.5 Å². The molecule has 5 nitrogen and oxygen atoms in total. The van der Waals surface area contributed by atoms with Crippen LogP contribution in [0.2, 0.25) is 0 Å². The van der Waals surface area contributed by atoms with Gasteiger partial charge in [-0.25, -0.2) is 4.98 Å². The number of carbonyl (C=O) groups excluding carboxylic acids is 1. The van der Waals surface area contributed by atoms with E-state index in [4.69, 9.17) is 0 Å². The highest BCUT2D eigenvalue weighted by Gasteiger charge is 2.10. The molecule has 0 aliphatic rings. The molecule has 1 N–H and O–H groups in total. The Hall–Kier alpha value is -3.34. The predicted molar refractivity (Wildman–Crippen MR) is 112 cm³/mol. The van der Waals surface area contributed by atoms with E-state index in [1.165, 1.54) is 5.56 Å². The summed E-state index contributed by atoms with van der Waals surface area (Å²) in [5.41, 5.74) is 3.62. The van der Waals surface area contributed by atoms with Crippen molar-refractivity contribution in [3.05, 3.63) is 84.1 Å². The van der Waals surface area contributed by atoms with Gasteiger partial charge in [-0.2, -0.15) is 0 Å². The van der Waals surface area contributed by atoms with Crippen LogP contribution in [0.4, 0.5) is 17.2 Å². The molecule has 0 aliphatic heterocycles. The molecule has 0 bridgehead atoms. The quantitative estimate of drug-likeness (QED) is 0.721. The number of anilines is 3. The van der Waals surface area contributed by atoms with E-state index in [2.05, 4.69) is 22.4 Å². The Bertz CT molecular complexity index is 892. The smallest absolute Gasteiger partial charge is 0.255 e. The molecule has 0 fully saturated rings. The molecule has 1 heterocycles. The molecule has 2 aromatic carbocycles. The van der Waals surface area contributed by atoms with Crippen molar-refractivity contribution in [2.45, 2.75) is 6.54 Å². The van der Waals surface area contributed by atoms with Crippen molar-refractivity contribution >= 4 is 23.1 Å². The van der Waals surface area contributed by atoms with Crippen LogP contribution in [0.3, 0.4) is 0 Å². The summed E-state index contributed by atoms with van der Waals surface area (Å²) in [6.45, 7) is 0.727. The fourth-order valence-corrected chi connectivity index (χ4v) is 2.75. The molecule has 27 heavy (non-hydrogen) atoms. The lowest BCUT2D eigenvalue weighted by molar-refractivity contribution is 0.102. The van der Waals surface area contributed by atoms with Crippen LogP contribution in [0.25, 0.3) is 0 Å². The fourth-order valence-electron chi connectivity index (χ4n) is 2.75. The molecule has 0 unspecified atom stereocenters. The van der Waals surface area contributed by atoms with Crippen LogP contribution in [-0.2, 0) is 6.54 Å². The summed E-state index contributed by atoms with van der Waals surface area (Å²) < 4.78 is 0. The number of nitrogens with zero attached hydrogens (tertiary/aromatic N) is 3. The van der Waals surface area contributed by atoms with Crippen LogP contribution in [0.1, 0.15) is 15.9 Å². The van der Waals surface area contributed by atoms with Gasteiger partial charge < -0.3 is 15.1 Å². The Kier molecular flexibility index (Phi) is 5.71. The van der Waals surface area contributed by atoms with Crippen molar-refractivity contribution in [3.63, 3.8) is 0 Å². The second-order valence-corrected chi connectivity index (χ2v) is 6.64. The van der Waals surface area contributed by atoms with Gasteiger partial charge in [-0.3, -0.25) is 4.79 Å². The number of nitrogens with one attached hydrogen (secondary N) is 1. The molecule has 3 rings (SSSR count). The first-order valence-corrected chi connectivity index (χ1v) is 8.83. The lowest BCUT2D eigenvalue weighted by Crippen LogP contribution is -2.19. The van der Waals surface area contributed by atoms with E-state index in [0.717, 1.165) is 23.7 Å². The lowest BCUT2D eigenvalue weighted by atomic mass is 10.2. The molecule has 138 valence electrons. The van der Waals surface area contributed by atoms with Crippen LogP contribution in [0.15, 0.2) is 72.9 Å². The Balaban J connectivity index is 1.69. The van der Waals surface area contributed by atoms with Gasteiger partial charge in [0.1, 0.15) is 5.82 Å². The zero-order chi connectivity index (χ0) is 19.2. The van der Waals surface area contributed by atoms with Crippen LogP contribution in [-0.4, -0.2) is 32.0 Å². The third-order valence-corrected chi connectivity index (χ3v) is 4.30. The molecule has 1 aromatic heterocycles. The van der Waals surface area contributed by atoms with Crippen LogP contribution in [0, 0.1) is 0 Å². The summed E-state index contributed by atoms with van der Waals surface area (Å²) in [6, 6.07) is 21.5. The van der Waals surface area contributed by atoms with E-state index in [0.29, 0.717) is 5.56 Å². The van der Waals surface area contributed by atoms with E-state index in [1.54, 1.807) is 12.3 Å². The number of carbonyl (C=O) groups is 1. The highest BCUT2D eigenvalue weighted by molar-refractivity contribution is 6.04. The molecule has 5 heteroatoms. The summed E-state index contributed by atoms with van der Waals surface area (Å²) >= 11 is 0. The van der Waals surface area contributed by atoms with Gasteiger partial charge >= 0.3 is 0 Å². The standard InChI is InChI=1S/C22H24N4O/c1-25(2)20-11-9-19(10-12-20)24-22(27)18-13-14-23-21(15-18)26(3)16-17-7-5-4-6-8-17/h4-15H,16H2,1-3H3,(H,24,27). The van der Waals surface area contributed by atoms with Gasteiger partial charge in [0.15, 0.2) is 0 Å². The molecular formula is C22H24N4O. The lowest BCUT2D eigenvalue weighted by Gasteiger charge is -2.19. The van der Waals surface area contributed by atoms with Crippen molar-refractivity contribution in [2.24, 2.45) is 0 Å². The maximum absolute atomic E-state index is 12.6. The molecule has 3 aromatic rings. The number of rotatable bonds is 6. The van der Waals surface area contributed by atoms with Crippen molar-refractivity contribution in [2.75, 3.05) is 36.3 Å². The average molecular weight is 360 g/mol. The molecule has 0 radical (unpaired) electrons. The molecule has 0 aliphatic carbocycles. The summed E-state index contributed by atoms with van der Waals surface area (Å²) in [7, 11) is 5.94. The van der Waals surface area contributed by atoms with Crippen LogP contribution >= 0.6 is 0 Å². The largest absolute Gasteiger partial charge is 0.378 e. The van der Waals surface area contributed by atoms with Crippen molar-refractivity contribution in [1.82, 2.24) is 4.98 Å². The molecule has 0 saturated heterocycles. The number of pyridine rings is 1. The van der Waals surface area contributed by atoms with Gasteiger partial charge in [0, 0.05) is 50.8 Å². The summed E-state index contributed by atoms with van der Waals surface area (Å²) in [5.74, 6) is 0.610. The summed E-state index contributed by atoms with van der Waals surface area (Å²) in [5, 5.41) is 2.94. The molecule has 0 saturated carbocycles. The first-order chi connectivity index (χ1) is 13.0. The highest BCUT2D eigenvalue weighted by Crippen LogP contribution is 2.18. The Morgan fingerprint density at radius 3 is 2.33 bits per heavy atom. The summed E-state index contributed by atoms with van der Waals surface area (Å²) in [6.07, 6.45) is 1.67. The van der Waals surface area contributed by atoms with Crippen LogP contribution in [0.5, 0.6) is 0 Å². The number of benzene rings is 2.